The van der Waals surface area contributed by atoms with E-state index in [-0.39, 0.29) is 12.4 Å². The molecule has 2 nitrogen and oxygen atoms in total. The summed E-state index contributed by atoms with van der Waals surface area (Å²) in [4.78, 5) is 4.22. The number of hydrogen-bond donors (Lipinski definition) is 1. The molecule has 0 aromatic heterocycles. The van der Waals surface area contributed by atoms with Crippen molar-refractivity contribution in [2.75, 3.05) is 12.8 Å². The minimum Gasteiger partial charge on any atom is -0.379 e. The third-order valence-corrected chi connectivity index (χ3v) is 2.49. The topological polar surface area (TPSA) is 38.4 Å². The molecule has 0 radical (unpaired) electrons. The van der Waals surface area contributed by atoms with Crippen LogP contribution in [0.2, 0.25) is 0 Å². The highest BCUT2D eigenvalue weighted by Gasteiger charge is 1.91. The third-order valence-electron chi connectivity index (χ3n) is 1.94. The quantitative estimate of drug-likeness (QED) is 0.503. The van der Waals surface area contributed by atoms with Crippen LogP contribution in [0.4, 0.5) is 0 Å². The number of benzene rings is 1. The molecule has 1 aromatic carbocycles. The molecule has 1 aromatic rings. The number of halogens is 1. The fraction of sp³-hybridized carbons (Fsp3) is 0.364. The molecule has 0 spiro atoms. The zero-order valence-electron chi connectivity index (χ0n) is 8.85. The van der Waals surface area contributed by atoms with Crippen molar-refractivity contribution in [2.45, 2.75) is 12.8 Å². The maximum Gasteiger partial charge on any atom is 0.153 e. The Balaban J connectivity index is 0.00000196. The van der Waals surface area contributed by atoms with Gasteiger partial charge in [0.05, 0.1) is 0 Å². The minimum absolute atomic E-state index is 0. The van der Waals surface area contributed by atoms with Gasteiger partial charge in [0.25, 0.3) is 0 Å². The van der Waals surface area contributed by atoms with Crippen molar-refractivity contribution < 1.29 is 0 Å². The van der Waals surface area contributed by atoms with Crippen molar-refractivity contribution in [3.05, 3.63) is 35.9 Å². The van der Waals surface area contributed by atoms with Gasteiger partial charge in [-0.25, -0.2) is 0 Å². The van der Waals surface area contributed by atoms with Gasteiger partial charge in [0.1, 0.15) is 0 Å². The molecule has 0 fully saturated rings. The second-order valence-corrected chi connectivity index (χ2v) is 3.84. The number of aryl methyl sites for hydroxylation is 1. The first kappa shape index (κ1) is 14.3. The minimum atomic E-state index is 0. The summed E-state index contributed by atoms with van der Waals surface area (Å²) >= 11 is 1.50. The summed E-state index contributed by atoms with van der Waals surface area (Å²) in [5, 5.41) is 0.679. The molecule has 0 saturated carbocycles. The van der Waals surface area contributed by atoms with E-state index in [1.54, 1.807) is 0 Å². The molecule has 0 heterocycles. The van der Waals surface area contributed by atoms with E-state index >= 15 is 0 Å². The molecule has 0 aliphatic heterocycles. The zero-order valence-corrected chi connectivity index (χ0v) is 10.5. The summed E-state index contributed by atoms with van der Waals surface area (Å²) in [6.07, 6.45) is 4.08. The lowest BCUT2D eigenvalue weighted by atomic mass is 10.1. The van der Waals surface area contributed by atoms with Crippen molar-refractivity contribution in [1.29, 1.82) is 0 Å². The standard InChI is InChI=1S/C11H16N2S.ClH/c1-14-11(12)13-9-5-8-10-6-3-2-4-7-10;/h2-4,6-7H,5,8-9H2,1H3,(H2,12,13);1H. The summed E-state index contributed by atoms with van der Waals surface area (Å²) in [5.74, 6) is 0. The van der Waals surface area contributed by atoms with Crippen LogP contribution in [-0.2, 0) is 6.42 Å². The highest BCUT2D eigenvalue weighted by Crippen LogP contribution is 2.02. The molecule has 0 amide bonds. The number of thioether (sulfide) groups is 1. The van der Waals surface area contributed by atoms with Crippen molar-refractivity contribution >= 4 is 29.3 Å². The molecule has 15 heavy (non-hydrogen) atoms. The molecule has 1 rings (SSSR count). The summed E-state index contributed by atoms with van der Waals surface area (Å²) in [6.45, 7) is 0.821. The molecule has 0 aliphatic rings. The predicted octanol–water partition coefficient (Wildman–Crippen LogP) is 2.72. The predicted molar refractivity (Wildman–Crippen MR) is 72.0 cm³/mol. The number of aliphatic imine (C=N–C) groups is 1. The molecule has 0 aliphatic carbocycles. The summed E-state index contributed by atoms with van der Waals surface area (Å²) in [6, 6.07) is 10.4. The highest BCUT2D eigenvalue weighted by atomic mass is 35.5. The van der Waals surface area contributed by atoms with Crippen molar-refractivity contribution in [2.24, 2.45) is 10.7 Å². The lowest BCUT2D eigenvalue weighted by molar-refractivity contribution is 0.834. The Morgan fingerprint density at radius 3 is 2.60 bits per heavy atom. The lowest BCUT2D eigenvalue weighted by Gasteiger charge is -1.99. The van der Waals surface area contributed by atoms with E-state index in [1.807, 2.05) is 12.3 Å². The Labute approximate surface area is 102 Å². The van der Waals surface area contributed by atoms with Gasteiger partial charge in [-0.05, 0) is 24.7 Å². The number of nitrogens with zero attached hydrogens (tertiary/aromatic N) is 1. The van der Waals surface area contributed by atoms with Crippen LogP contribution >= 0.6 is 24.2 Å². The summed E-state index contributed by atoms with van der Waals surface area (Å²) in [7, 11) is 0. The van der Waals surface area contributed by atoms with Gasteiger partial charge in [-0.2, -0.15) is 0 Å². The average Bonchev–Trinajstić information content (AvgIpc) is 2.25. The average molecular weight is 245 g/mol. The molecule has 0 atom stereocenters. The molecule has 2 N–H and O–H groups in total. The van der Waals surface area contributed by atoms with Crippen LogP contribution in [0, 0.1) is 0 Å². The van der Waals surface area contributed by atoms with Crippen LogP contribution in [0.1, 0.15) is 12.0 Å². The van der Waals surface area contributed by atoms with Crippen molar-refractivity contribution in [3.8, 4) is 0 Å². The zero-order chi connectivity index (χ0) is 10.2. The molecule has 0 unspecified atom stereocenters. The van der Waals surface area contributed by atoms with E-state index in [0.29, 0.717) is 5.17 Å². The van der Waals surface area contributed by atoms with E-state index in [1.165, 1.54) is 17.3 Å². The highest BCUT2D eigenvalue weighted by molar-refractivity contribution is 8.13. The number of hydrogen-bond acceptors (Lipinski definition) is 2. The van der Waals surface area contributed by atoms with E-state index in [4.69, 9.17) is 5.73 Å². The monoisotopic (exact) mass is 244 g/mol. The maximum absolute atomic E-state index is 5.57. The van der Waals surface area contributed by atoms with Crippen LogP contribution in [0.5, 0.6) is 0 Å². The van der Waals surface area contributed by atoms with Gasteiger partial charge >= 0.3 is 0 Å². The molecule has 84 valence electrons. The van der Waals surface area contributed by atoms with Crippen LogP contribution in [0.25, 0.3) is 0 Å². The SMILES string of the molecule is CSC(N)=NCCCc1ccccc1.Cl. The van der Waals surface area contributed by atoms with E-state index < -0.39 is 0 Å². The first-order valence-electron chi connectivity index (χ1n) is 4.71. The van der Waals surface area contributed by atoms with Gasteiger partial charge < -0.3 is 5.73 Å². The molecule has 0 saturated heterocycles. The van der Waals surface area contributed by atoms with E-state index in [2.05, 4.69) is 29.3 Å². The lowest BCUT2D eigenvalue weighted by Crippen LogP contribution is -2.06. The number of amidine groups is 1. The van der Waals surface area contributed by atoms with Crippen molar-refractivity contribution in [3.63, 3.8) is 0 Å². The van der Waals surface area contributed by atoms with Gasteiger partial charge in [-0.1, -0.05) is 42.1 Å². The van der Waals surface area contributed by atoms with Crippen LogP contribution in [-0.4, -0.2) is 18.0 Å². The van der Waals surface area contributed by atoms with Gasteiger partial charge in [-0.15, -0.1) is 12.4 Å². The summed E-state index contributed by atoms with van der Waals surface area (Å²) < 4.78 is 0. The first-order valence-corrected chi connectivity index (χ1v) is 5.93. The first-order chi connectivity index (χ1) is 6.83. The molecular formula is C11H17ClN2S. The Morgan fingerprint density at radius 2 is 2.00 bits per heavy atom. The normalized spacial score (nSPS) is 10.9. The summed E-state index contributed by atoms with van der Waals surface area (Å²) in [5.41, 5.74) is 6.93. The van der Waals surface area contributed by atoms with Crippen molar-refractivity contribution in [1.82, 2.24) is 0 Å². The molecular weight excluding hydrogens is 228 g/mol. The Kier molecular flexibility index (Phi) is 8.24. The Morgan fingerprint density at radius 1 is 1.33 bits per heavy atom. The van der Waals surface area contributed by atoms with Gasteiger partial charge in [0.2, 0.25) is 0 Å². The largest absolute Gasteiger partial charge is 0.379 e. The second-order valence-electron chi connectivity index (χ2n) is 3.01. The number of rotatable bonds is 4. The Hall–Kier alpha value is -0.670. The van der Waals surface area contributed by atoms with E-state index in [0.717, 1.165) is 19.4 Å². The van der Waals surface area contributed by atoms with Gasteiger partial charge in [-0.3, -0.25) is 4.99 Å². The molecule has 4 heteroatoms. The second kappa shape index (κ2) is 8.62. The maximum atomic E-state index is 5.57. The van der Waals surface area contributed by atoms with Crippen LogP contribution < -0.4 is 5.73 Å². The number of nitrogens with two attached hydrogens (primary N) is 1. The smallest absolute Gasteiger partial charge is 0.153 e. The van der Waals surface area contributed by atoms with Crippen LogP contribution in [0.3, 0.4) is 0 Å². The third kappa shape index (κ3) is 6.42. The van der Waals surface area contributed by atoms with E-state index in [9.17, 15) is 0 Å². The van der Waals surface area contributed by atoms with Gasteiger partial charge in [0.15, 0.2) is 5.17 Å². The van der Waals surface area contributed by atoms with Gasteiger partial charge in [0, 0.05) is 6.54 Å². The molecule has 0 bridgehead atoms. The Bertz CT molecular complexity index is 288. The van der Waals surface area contributed by atoms with Crippen LogP contribution in [0.15, 0.2) is 35.3 Å². The fourth-order valence-electron chi connectivity index (χ4n) is 1.18. The fourth-order valence-corrected chi connectivity index (χ4v) is 1.40.